The lowest BCUT2D eigenvalue weighted by Crippen LogP contribution is -2.50. The standard InChI is InChI=1S/C23H27N3O5S.C23H27N3O4S.C21H29N3O4S.C19H25N3O4S.3CH4/c1-30-19-10-8-16(9-11-19)13-21(27)26-12-3-2-6-18(26)14-31-20-7-4-5-17-15-32(28,29)25-23(24)22(17)20;24-23-22-18(16-31(28,29)25-23)9-6-11-20(22)30-15-19-10-4-5-14-26(19)21(27)13-12-17-7-2-1-3-8-17;22-20-19-16(14-29(26,27)23-20)9-6-11-18(19)28-13-17-10-4-5-12-24(17)21(25)15-7-2-1-3-8-15;20-18-17-14(12-27(24,25)21-18)7-4-9-16(17)26-11-15-8-1-2-10-22(15)19(23)13-5-3-6-13;;;/h4-5,7-11,18H,2-3,6,12-15H2,1H3,(H2,24,25);1-3,6-9,11,19H,4-5,10,12-16H2,(H2,24,25);6,9,11,15,17H,1-5,7-8,10,12-14H2,(H2,22,23);4,7,9,13,15H,1-3,5-6,8,10-12H2,(H2,20,21);3*1H4/t18-;19-;17-;15-;;;/m1111.../s1. The number of carbonyl (C=O) groups is 4. The van der Waals surface area contributed by atoms with Crippen LogP contribution in [0.4, 0.5) is 0 Å². The van der Waals surface area contributed by atoms with E-state index in [2.05, 4.69) is 17.6 Å². The Bertz CT molecular complexity index is 5290. The molecule has 0 aromatic heterocycles. The van der Waals surface area contributed by atoms with Crippen LogP contribution < -0.4 is 46.6 Å². The summed E-state index contributed by atoms with van der Waals surface area (Å²) in [4.78, 5) is 59.6. The number of ether oxygens (including phenoxy) is 5. The lowest BCUT2D eigenvalue weighted by molar-refractivity contribution is -0.143. The number of aryl methyl sites for hydroxylation is 1. The van der Waals surface area contributed by atoms with Gasteiger partial charge in [-0.15, -0.1) is 17.6 Å². The number of likely N-dealkylation sites (tertiary alicyclic amines) is 4. The van der Waals surface area contributed by atoms with Gasteiger partial charge in [-0.3, -0.25) is 19.2 Å². The van der Waals surface area contributed by atoms with E-state index < -0.39 is 40.1 Å². The quantitative estimate of drug-likeness (QED) is 0.0551. The molecule has 2 aliphatic carbocycles. The first kappa shape index (κ1) is 94.1. The van der Waals surface area contributed by atoms with Gasteiger partial charge in [0.15, 0.2) is 0 Å². The summed E-state index contributed by atoms with van der Waals surface area (Å²) >= 11 is 0. The van der Waals surface area contributed by atoms with Gasteiger partial charge in [-0.1, -0.05) is 139 Å². The molecule has 122 heavy (non-hydrogen) atoms. The summed E-state index contributed by atoms with van der Waals surface area (Å²) in [5.74, 6) is 3.02. The summed E-state index contributed by atoms with van der Waals surface area (Å²) < 4.78 is 139. The first-order valence-corrected chi connectivity index (χ1v) is 47.8. The van der Waals surface area contributed by atoms with E-state index >= 15 is 0 Å². The maximum Gasteiger partial charge on any atom is 0.259 e. The number of methoxy groups -OCH3 is 1. The van der Waals surface area contributed by atoms with Gasteiger partial charge in [0.25, 0.3) is 40.1 Å². The number of fused-ring (bicyclic) bond motifs is 4. The molecule has 4 saturated heterocycles. The van der Waals surface area contributed by atoms with E-state index in [4.69, 9.17) is 46.6 Å². The zero-order valence-electron chi connectivity index (χ0n) is 67.3. The van der Waals surface area contributed by atoms with Crippen LogP contribution in [0.25, 0.3) is 0 Å². The normalized spacial score (nSPS) is 21.5. The Morgan fingerprint density at radius 3 is 0.992 bits per heavy atom. The van der Waals surface area contributed by atoms with Crippen LogP contribution >= 0.6 is 0 Å². The Morgan fingerprint density at radius 1 is 0.352 bits per heavy atom. The molecule has 16 rings (SSSR count). The summed E-state index contributed by atoms with van der Waals surface area (Å²) in [5.41, 5.74) is 30.3. The molecule has 10 aliphatic rings. The number of carbonyl (C=O) groups excluding carboxylic acids is 4. The van der Waals surface area contributed by atoms with Crippen molar-refractivity contribution in [3.05, 3.63) is 183 Å². The first-order valence-electron chi connectivity index (χ1n) is 41.4. The number of amidine groups is 4. The van der Waals surface area contributed by atoms with Crippen molar-refractivity contribution in [2.75, 3.05) is 59.7 Å². The van der Waals surface area contributed by atoms with Crippen LogP contribution in [0.3, 0.4) is 0 Å². The SMILES string of the molecule is C.C.C.COc1ccc(CC(=O)N2CCCC[C@@H]2COc2cccc3c2C(N)=NS(=O)(=O)C3)cc1.NC1=NS(=O)(=O)Cc2cccc(OC[C@H]3CCCCN3C(=O)C3CCC3)c21.NC1=NS(=O)(=O)Cc2cccc(OC[C@H]3CCCCN3C(=O)C3CCCCC3)c21.NC1=NS(=O)(=O)Cc2cccc(OC[C@H]3CCCCN3C(=O)CCc3ccccc3)c21. The van der Waals surface area contributed by atoms with Crippen LogP contribution in [-0.4, -0.2) is 184 Å². The smallest absolute Gasteiger partial charge is 0.259 e. The van der Waals surface area contributed by atoms with E-state index in [1.54, 1.807) is 79.9 Å². The van der Waals surface area contributed by atoms with Gasteiger partial charge in [0.05, 0.1) is 83.0 Å². The van der Waals surface area contributed by atoms with Gasteiger partial charge in [-0.2, -0.15) is 0 Å². The highest BCUT2D eigenvalue weighted by Gasteiger charge is 2.39. The molecule has 4 amide bonds. The third-order valence-corrected chi connectivity index (χ3v) is 28.2. The van der Waals surface area contributed by atoms with E-state index in [0.29, 0.717) is 113 Å². The van der Waals surface area contributed by atoms with Crippen molar-refractivity contribution in [2.45, 2.75) is 217 Å². The molecule has 6 aromatic carbocycles. The molecule has 662 valence electrons. The fourth-order valence-electron chi connectivity index (χ4n) is 17.3. The van der Waals surface area contributed by atoms with Crippen LogP contribution in [-0.2, 0) is 95.1 Å². The largest absolute Gasteiger partial charge is 0.497 e. The summed E-state index contributed by atoms with van der Waals surface area (Å²) in [6.45, 7) is 4.42. The molecular weight excluding hydrogens is 1640 g/mol. The van der Waals surface area contributed by atoms with Crippen LogP contribution in [0.5, 0.6) is 28.7 Å². The predicted octanol–water partition coefficient (Wildman–Crippen LogP) is 11.2. The van der Waals surface area contributed by atoms with Gasteiger partial charge in [-0.05, 0) is 179 Å². The minimum atomic E-state index is -3.61. The van der Waals surface area contributed by atoms with E-state index in [1.165, 1.54) is 6.42 Å². The molecule has 0 spiro atoms. The van der Waals surface area contributed by atoms with E-state index in [-0.39, 0.29) is 128 Å². The van der Waals surface area contributed by atoms with E-state index in [0.717, 1.165) is 165 Å². The molecule has 8 N–H and O–H groups in total. The second-order valence-electron chi connectivity index (χ2n) is 32.0. The first-order chi connectivity index (χ1) is 57.2. The molecule has 2 saturated carbocycles. The van der Waals surface area contributed by atoms with Crippen molar-refractivity contribution in [3.8, 4) is 28.7 Å². The molecule has 0 unspecified atom stereocenters. The second-order valence-corrected chi connectivity index (χ2v) is 38.6. The summed E-state index contributed by atoms with van der Waals surface area (Å²) in [7, 11) is -12.7. The van der Waals surface area contributed by atoms with Crippen molar-refractivity contribution in [3.63, 3.8) is 0 Å². The van der Waals surface area contributed by atoms with Crippen molar-refractivity contribution >= 4 is 87.1 Å². The number of rotatable bonds is 20. The molecule has 6 aromatic rings. The molecule has 4 atom stereocenters. The number of hydrogen-bond acceptors (Lipinski definition) is 21. The lowest BCUT2D eigenvalue weighted by atomic mass is 9.83. The number of hydrogen-bond donors (Lipinski definition) is 4. The maximum absolute atomic E-state index is 13.1. The average Bonchev–Trinajstić information content (AvgIpc) is 0.790. The zero-order valence-corrected chi connectivity index (χ0v) is 70.6. The van der Waals surface area contributed by atoms with Crippen LogP contribution in [0, 0.1) is 11.8 Å². The van der Waals surface area contributed by atoms with Crippen LogP contribution in [0.2, 0.25) is 0 Å². The third kappa shape index (κ3) is 24.0. The number of amides is 4. The Morgan fingerprint density at radius 2 is 0.664 bits per heavy atom. The minimum Gasteiger partial charge on any atom is -0.497 e. The Labute approximate surface area is 719 Å². The van der Waals surface area contributed by atoms with E-state index in [1.807, 2.05) is 74.2 Å². The molecule has 8 heterocycles. The maximum atomic E-state index is 13.1. The van der Waals surface area contributed by atoms with Crippen LogP contribution in [0.1, 0.15) is 213 Å². The fourth-order valence-corrected chi connectivity index (χ4v) is 21.7. The van der Waals surface area contributed by atoms with Crippen molar-refractivity contribution in [1.82, 2.24) is 19.6 Å². The summed E-state index contributed by atoms with van der Waals surface area (Å²) in [6, 6.07) is 38.6. The van der Waals surface area contributed by atoms with Crippen molar-refractivity contribution in [2.24, 2.45) is 52.4 Å². The second kappa shape index (κ2) is 42.3. The van der Waals surface area contributed by atoms with Crippen LogP contribution in [0.15, 0.2) is 145 Å². The molecule has 33 heteroatoms. The molecular formula is C89H120N12O17S4. The minimum absolute atomic E-state index is 0. The number of benzene rings is 6. The summed E-state index contributed by atoms with van der Waals surface area (Å²) in [6.07, 6.45) is 22.0. The highest BCUT2D eigenvalue weighted by molar-refractivity contribution is 7.90. The van der Waals surface area contributed by atoms with Gasteiger partial charge in [0, 0.05) is 44.4 Å². The lowest BCUT2D eigenvalue weighted by Gasteiger charge is -2.39. The predicted molar refractivity (Wildman–Crippen MR) is 474 cm³/mol. The van der Waals surface area contributed by atoms with Gasteiger partial charge in [-0.25, -0.2) is 33.7 Å². The van der Waals surface area contributed by atoms with Crippen molar-refractivity contribution in [1.29, 1.82) is 0 Å². The van der Waals surface area contributed by atoms with Gasteiger partial charge < -0.3 is 66.2 Å². The average molecular weight is 1760 g/mol. The third-order valence-electron chi connectivity index (χ3n) is 23.6. The molecule has 0 radical (unpaired) electrons. The Hall–Kier alpha value is -10.1. The summed E-state index contributed by atoms with van der Waals surface area (Å²) in [5, 5.41) is 0. The van der Waals surface area contributed by atoms with Gasteiger partial charge >= 0.3 is 0 Å². The Balaban J connectivity index is 0.000000169. The molecule has 0 bridgehead atoms. The van der Waals surface area contributed by atoms with E-state index in [9.17, 15) is 52.8 Å². The molecule has 29 nitrogen and oxygen atoms in total. The van der Waals surface area contributed by atoms with Gasteiger partial charge in [0.2, 0.25) is 23.6 Å². The number of nitrogens with zero attached hydrogens (tertiary/aromatic N) is 8. The number of nitrogens with two attached hydrogens (primary N) is 4. The molecule has 8 aliphatic heterocycles. The highest BCUT2D eigenvalue weighted by atomic mass is 32.2. The number of piperidine rings is 4. The van der Waals surface area contributed by atoms with Gasteiger partial charge in [0.1, 0.15) is 78.5 Å². The highest BCUT2D eigenvalue weighted by Crippen LogP contribution is 2.37. The zero-order chi connectivity index (χ0) is 84.0. The Kier molecular flexibility index (Phi) is 32.6. The monoisotopic (exact) mass is 1760 g/mol. The van der Waals surface area contributed by atoms with Crippen molar-refractivity contribution < 1.29 is 76.5 Å². The fraction of sp³-hybridized carbons (Fsp3) is 0.506. The molecule has 6 fully saturated rings. The number of sulfonamides is 4. The topological polar surface area (TPSA) is 417 Å².